The predicted molar refractivity (Wildman–Crippen MR) is 88.0 cm³/mol. The summed E-state index contributed by atoms with van der Waals surface area (Å²) in [4.78, 5) is 20.3. The molecule has 116 valence electrons. The molecule has 1 aliphatic heterocycles. The number of amides is 1. The molecule has 23 heavy (non-hydrogen) atoms. The van der Waals surface area contributed by atoms with Crippen molar-refractivity contribution >= 4 is 28.7 Å². The van der Waals surface area contributed by atoms with Crippen LogP contribution >= 0.6 is 11.8 Å². The minimum atomic E-state index is -0.217. The van der Waals surface area contributed by atoms with Crippen molar-refractivity contribution in [3.8, 4) is 0 Å². The summed E-state index contributed by atoms with van der Waals surface area (Å²) in [5.41, 5.74) is 3.07. The highest BCUT2D eigenvalue weighted by Crippen LogP contribution is 2.37. The van der Waals surface area contributed by atoms with Crippen LogP contribution in [0, 0.1) is 5.82 Å². The van der Waals surface area contributed by atoms with Crippen LogP contribution in [0.1, 0.15) is 28.4 Å². The second-order valence-electron chi connectivity index (χ2n) is 5.46. The lowest BCUT2D eigenvalue weighted by molar-refractivity contribution is 0.0935. The second kappa shape index (κ2) is 5.70. The molecule has 4 rings (SSSR count). The van der Waals surface area contributed by atoms with Gasteiger partial charge in [-0.05, 0) is 36.2 Å². The van der Waals surface area contributed by atoms with E-state index in [1.807, 2.05) is 12.1 Å². The molecule has 1 aromatic heterocycles. The lowest BCUT2D eigenvalue weighted by atomic mass is 10.0. The van der Waals surface area contributed by atoms with Crippen LogP contribution in [-0.2, 0) is 0 Å². The fourth-order valence-electron chi connectivity index (χ4n) is 2.85. The molecule has 0 saturated carbocycles. The number of hydrogen-bond donors (Lipinski definition) is 2. The summed E-state index contributed by atoms with van der Waals surface area (Å²) in [7, 11) is 0. The van der Waals surface area contributed by atoms with Crippen LogP contribution in [0.4, 0.5) is 4.39 Å². The SMILES string of the molecule is O=C(N[C@@H]1CCSc2c(F)cccc21)c1ccc2nc[nH]c2c1. The van der Waals surface area contributed by atoms with Gasteiger partial charge in [-0.15, -0.1) is 11.8 Å². The van der Waals surface area contributed by atoms with Crippen LogP contribution < -0.4 is 5.32 Å². The molecule has 2 aromatic carbocycles. The summed E-state index contributed by atoms with van der Waals surface area (Å²) in [6.45, 7) is 0. The van der Waals surface area contributed by atoms with Gasteiger partial charge in [0.05, 0.1) is 23.4 Å². The van der Waals surface area contributed by atoms with Gasteiger partial charge in [-0.3, -0.25) is 4.79 Å². The predicted octanol–water partition coefficient (Wildman–Crippen LogP) is 3.67. The van der Waals surface area contributed by atoms with Crippen LogP contribution in [0.2, 0.25) is 0 Å². The largest absolute Gasteiger partial charge is 0.345 e. The van der Waals surface area contributed by atoms with E-state index in [4.69, 9.17) is 0 Å². The maximum atomic E-state index is 13.9. The van der Waals surface area contributed by atoms with E-state index in [9.17, 15) is 9.18 Å². The smallest absolute Gasteiger partial charge is 0.251 e. The molecule has 2 heterocycles. The molecule has 0 aliphatic carbocycles. The van der Waals surface area contributed by atoms with Gasteiger partial charge < -0.3 is 10.3 Å². The molecule has 6 heteroatoms. The van der Waals surface area contributed by atoms with Crippen molar-refractivity contribution < 1.29 is 9.18 Å². The first-order valence-corrected chi connectivity index (χ1v) is 8.36. The number of aromatic nitrogens is 2. The minimum Gasteiger partial charge on any atom is -0.345 e. The molecular formula is C17H14FN3OS. The Hall–Kier alpha value is -2.34. The third kappa shape index (κ3) is 2.59. The van der Waals surface area contributed by atoms with Gasteiger partial charge >= 0.3 is 0 Å². The molecular weight excluding hydrogens is 313 g/mol. The van der Waals surface area contributed by atoms with E-state index in [1.54, 1.807) is 24.5 Å². The van der Waals surface area contributed by atoms with E-state index in [2.05, 4.69) is 15.3 Å². The van der Waals surface area contributed by atoms with Crippen molar-refractivity contribution in [3.05, 3.63) is 59.7 Å². The summed E-state index contributed by atoms with van der Waals surface area (Å²) in [5.74, 6) is 0.414. The van der Waals surface area contributed by atoms with Gasteiger partial charge in [0.1, 0.15) is 5.82 Å². The highest BCUT2D eigenvalue weighted by molar-refractivity contribution is 7.99. The first kappa shape index (κ1) is 14.3. The summed E-state index contributed by atoms with van der Waals surface area (Å²) in [6.07, 6.45) is 2.39. The van der Waals surface area contributed by atoms with Gasteiger partial charge in [0.2, 0.25) is 0 Å². The van der Waals surface area contributed by atoms with Gasteiger partial charge in [-0.1, -0.05) is 12.1 Å². The highest BCUT2D eigenvalue weighted by Gasteiger charge is 2.24. The molecule has 0 unspecified atom stereocenters. The normalized spacial score (nSPS) is 17.0. The number of fused-ring (bicyclic) bond motifs is 2. The molecule has 0 bridgehead atoms. The maximum absolute atomic E-state index is 13.9. The van der Waals surface area contributed by atoms with E-state index in [1.165, 1.54) is 17.8 Å². The number of nitrogens with zero attached hydrogens (tertiary/aromatic N) is 1. The minimum absolute atomic E-state index is 0.159. The maximum Gasteiger partial charge on any atom is 0.251 e. The van der Waals surface area contributed by atoms with Gasteiger partial charge in [0.25, 0.3) is 5.91 Å². The third-order valence-electron chi connectivity index (χ3n) is 4.01. The number of nitrogens with one attached hydrogen (secondary N) is 2. The Balaban J connectivity index is 1.61. The zero-order chi connectivity index (χ0) is 15.8. The number of carbonyl (C=O) groups excluding carboxylic acids is 1. The topological polar surface area (TPSA) is 57.8 Å². The van der Waals surface area contributed by atoms with E-state index in [0.717, 1.165) is 28.8 Å². The lowest BCUT2D eigenvalue weighted by Crippen LogP contribution is -2.30. The number of carbonyl (C=O) groups is 1. The standard InChI is InChI=1S/C17H14FN3OS/c18-12-3-1-2-11-13(6-7-23-16(11)12)21-17(22)10-4-5-14-15(8-10)20-9-19-14/h1-5,8-9,13H,6-7H2,(H,19,20)(H,21,22)/t13-/m1/s1. The van der Waals surface area contributed by atoms with Crippen LogP contribution in [0.25, 0.3) is 11.0 Å². The number of rotatable bonds is 2. The van der Waals surface area contributed by atoms with E-state index >= 15 is 0 Å². The first-order chi connectivity index (χ1) is 11.2. The molecule has 0 spiro atoms. The van der Waals surface area contributed by atoms with Crippen molar-refractivity contribution in [1.82, 2.24) is 15.3 Å². The molecule has 0 radical (unpaired) electrons. The number of halogens is 1. The number of benzene rings is 2. The number of thioether (sulfide) groups is 1. The second-order valence-corrected chi connectivity index (χ2v) is 6.56. The average molecular weight is 327 g/mol. The van der Waals surface area contributed by atoms with Crippen molar-refractivity contribution in [3.63, 3.8) is 0 Å². The van der Waals surface area contributed by atoms with Crippen molar-refractivity contribution in [1.29, 1.82) is 0 Å². The van der Waals surface area contributed by atoms with Crippen LogP contribution in [-0.4, -0.2) is 21.6 Å². The molecule has 0 fully saturated rings. The Morgan fingerprint density at radius 1 is 1.35 bits per heavy atom. The zero-order valence-electron chi connectivity index (χ0n) is 12.2. The Labute approximate surface area is 136 Å². The van der Waals surface area contributed by atoms with Crippen LogP contribution in [0.15, 0.2) is 47.6 Å². The van der Waals surface area contributed by atoms with Gasteiger partial charge in [-0.2, -0.15) is 0 Å². The monoisotopic (exact) mass is 327 g/mol. The van der Waals surface area contributed by atoms with E-state index < -0.39 is 0 Å². The number of imidazole rings is 1. The quantitative estimate of drug-likeness (QED) is 0.755. The molecule has 1 amide bonds. The zero-order valence-corrected chi connectivity index (χ0v) is 13.0. The number of hydrogen-bond acceptors (Lipinski definition) is 3. The molecule has 0 saturated heterocycles. The van der Waals surface area contributed by atoms with Crippen LogP contribution in [0.5, 0.6) is 0 Å². The molecule has 4 nitrogen and oxygen atoms in total. The number of aromatic amines is 1. The van der Waals surface area contributed by atoms with E-state index in [0.29, 0.717) is 10.5 Å². The highest BCUT2D eigenvalue weighted by atomic mass is 32.2. The van der Waals surface area contributed by atoms with Gasteiger partial charge in [0, 0.05) is 16.2 Å². The summed E-state index contributed by atoms with van der Waals surface area (Å²) in [5, 5.41) is 3.02. The van der Waals surface area contributed by atoms with E-state index in [-0.39, 0.29) is 17.8 Å². The van der Waals surface area contributed by atoms with Gasteiger partial charge in [0.15, 0.2) is 0 Å². The Kier molecular flexibility index (Phi) is 3.53. The first-order valence-electron chi connectivity index (χ1n) is 7.37. The van der Waals surface area contributed by atoms with Crippen molar-refractivity contribution in [2.75, 3.05) is 5.75 Å². The van der Waals surface area contributed by atoms with Crippen molar-refractivity contribution in [2.24, 2.45) is 0 Å². The molecule has 1 atom stereocenters. The molecule has 2 N–H and O–H groups in total. The average Bonchev–Trinajstić information content (AvgIpc) is 3.03. The van der Waals surface area contributed by atoms with Crippen LogP contribution in [0.3, 0.4) is 0 Å². The van der Waals surface area contributed by atoms with Crippen molar-refractivity contribution in [2.45, 2.75) is 17.4 Å². The fraction of sp³-hybridized carbons (Fsp3) is 0.176. The molecule has 1 aliphatic rings. The third-order valence-corrected chi connectivity index (χ3v) is 5.17. The summed E-state index contributed by atoms with van der Waals surface area (Å²) in [6, 6.07) is 10.2. The molecule has 3 aromatic rings. The fourth-order valence-corrected chi connectivity index (χ4v) is 4.00. The van der Waals surface area contributed by atoms with Gasteiger partial charge in [-0.25, -0.2) is 9.37 Å². The summed E-state index contributed by atoms with van der Waals surface area (Å²) >= 11 is 1.51. The Morgan fingerprint density at radius 3 is 3.17 bits per heavy atom. The number of H-pyrrole nitrogens is 1. The summed E-state index contributed by atoms with van der Waals surface area (Å²) < 4.78 is 13.9. The Bertz CT molecular complexity index is 892. The lowest BCUT2D eigenvalue weighted by Gasteiger charge is -2.26. The Morgan fingerprint density at radius 2 is 2.26 bits per heavy atom.